The van der Waals surface area contributed by atoms with Crippen LogP contribution >= 0.6 is 0 Å². The predicted octanol–water partition coefficient (Wildman–Crippen LogP) is 11.0. The van der Waals surface area contributed by atoms with Crippen LogP contribution in [0.4, 0.5) is 0 Å². The monoisotopic (exact) mass is 668 g/mol. The quantitative estimate of drug-likeness (QED) is 0.0360. The Labute approximate surface area is 285 Å². The van der Waals surface area contributed by atoms with Crippen molar-refractivity contribution in [2.75, 3.05) is 5.75 Å². The summed E-state index contributed by atoms with van der Waals surface area (Å²) in [7, 11) is -4.35. The minimum absolute atomic E-state index is 0.283. The molecule has 0 fully saturated rings. The lowest BCUT2D eigenvalue weighted by Crippen LogP contribution is -2.46. The van der Waals surface area contributed by atoms with E-state index in [4.69, 9.17) is 0 Å². The average molecular weight is 668 g/mol. The average Bonchev–Trinajstić information content (AvgIpc) is 3.01. The van der Waals surface area contributed by atoms with Gasteiger partial charge in [0.1, 0.15) is 0 Å². The first kappa shape index (κ1) is 44.6. The third kappa shape index (κ3) is 33.9. The first-order valence-electron chi connectivity index (χ1n) is 19.2. The van der Waals surface area contributed by atoms with Crippen LogP contribution in [-0.2, 0) is 14.9 Å². The first-order chi connectivity index (χ1) is 22.3. The van der Waals surface area contributed by atoms with Gasteiger partial charge in [-0.2, -0.15) is 8.42 Å². The molecule has 0 spiro atoms. The van der Waals surface area contributed by atoms with E-state index in [1.165, 1.54) is 128 Å². The third-order valence-electron chi connectivity index (χ3n) is 8.54. The number of aliphatic hydroxyl groups is 1. The number of rotatable bonds is 34. The third-order valence-corrected chi connectivity index (χ3v) is 9.32. The van der Waals surface area contributed by atoms with Gasteiger partial charge in [-0.25, -0.2) is 0 Å². The maximum Gasteiger partial charge on any atom is 0.267 e. The molecule has 6 nitrogen and oxygen atoms in total. The van der Waals surface area contributed by atoms with Crippen LogP contribution in [0.1, 0.15) is 187 Å². The van der Waals surface area contributed by atoms with Crippen LogP contribution in [0.3, 0.4) is 0 Å². The standard InChI is InChI=1S/C39H73NO5S/c1-3-5-7-9-11-13-15-17-18-19-20-21-23-25-27-29-31-33-35-39(42)40-37(36-46(43,44)45)38(41)34-32-30-28-26-24-22-16-14-12-10-8-6-4-2/h18-19,24,26,32,34,37-38,41H,3-17,20-23,25,27-31,33,35-36H2,1-2H3,(H,40,42)(H,43,44,45)/b19-18-,26-24+,34-32+. The number of allylic oxidation sites excluding steroid dienone is 5. The van der Waals surface area contributed by atoms with E-state index in [1.807, 2.05) is 0 Å². The highest BCUT2D eigenvalue weighted by Gasteiger charge is 2.24. The topological polar surface area (TPSA) is 104 Å². The second-order valence-electron chi connectivity index (χ2n) is 13.2. The maximum absolute atomic E-state index is 12.5. The predicted molar refractivity (Wildman–Crippen MR) is 198 cm³/mol. The van der Waals surface area contributed by atoms with Crippen LogP contribution < -0.4 is 5.32 Å². The summed E-state index contributed by atoms with van der Waals surface area (Å²) in [4.78, 5) is 12.5. The van der Waals surface area contributed by atoms with E-state index in [2.05, 4.69) is 43.5 Å². The SMILES string of the molecule is CCCCCCCCC/C=C\CCCCCCCCCC(=O)NC(CS(=O)(=O)O)C(O)/C=C/CC/C=C/CCCCCCCCC. The van der Waals surface area contributed by atoms with Crippen molar-refractivity contribution in [3.63, 3.8) is 0 Å². The van der Waals surface area contributed by atoms with Gasteiger partial charge < -0.3 is 10.4 Å². The second-order valence-corrected chi connectivity index (χ2v) is 14.7. The molecule has 0 saturated heterocycles. The number of aliphatic hydroxyl groups excluding tert-OH is 1. The second kappa shape index (κ2) is 33.5. The molecule has 0 aliphatic rings. The molecule has 0 heterocycles. The largest absolute Gasteiger partial charge is 0.387 e. The van der Waals surface area contributed by atoms with E-state index in [-0.39, 0.29) is 12.3 Å². The van der Waals surface area contributed by atoms with E-state index in [1.54, 1.807) is 6.08 Å². The van der Waals surface area contributed by atoms with Gasteiger partial charge >= 0.3 is 0 Å². The fraction of sp³-hybridized carbons (Fsp3) is 0.821. The Kier molecular flexibility index (Phi) is 32.4. The molecule has 0 aliphatic heterocycles. The normalized spacial score (nSPS) is 13.7. The summed E-state index contributed by atoms with van der Waals surface area (Å²) < 4.78 is 32.4. The Morgan fingerprint density at radius 3 is 1.37 bits per heavy atom. The van der Waals surface area contributed by atoms with E-state index in [9.17, 15) is 22.9 Å². The van der Waals surface area contributed by atoms with Gasteiger partial charge in [-0.1, -0.05) is 159 Å². The molecule has 0 aromatic rings. The molecule has 3 N–H and O–H groups in total. The van der Waals surface area contributed by atoms with Crippen LogP contribution in [0.15, 0.2) is 36.5 Å². The van der Waals surface area contributed by atoms with Gasteiger partial charge in [0.2, 0.25) is 5.91 Å². The number of unbranched alkanes of at least 4 members (excludes halogenated alkanes) is 22. The Morgan fingerprint density at radius 1 is 0.565 bits per heavy atom. The molecular weight excluding hydrogens is 594 g/mol. The molecule has 46 heavy (non-hydrogen) atoms. The number of hydrogen-bond donors (Lipinski definition) is 3. The summed E-state index contributed by atoms with van der Waals surface area (Å²) in [5, 5.41) is 13.2. The van der Waals surface area contributed by atoms with Gasteiger partial charge in [-0.3, -0.25) is 9.35 Å². The lowest BCUT2D eigenvalue weighted by molar-refractivity contribution is -0.122. The van der Waals surface area contributed by atoms with Gasteiger partial charge in [-0.05, 0) is 57.8 Å². The molecule has 0 aromatic carbocycles. The molecule has 7 heteroatoms. The van der Waals surface area contributed by atoms with Crippen molar-refractivity contribution < 1.29 is 22.9 Å². The van der Waals surface area contributed by atoms with Crippen molar-refractivity contribution in [2.45, 2.75) is 199 Å². The molecule has 0 radical (unpaired) electrons. The highest BCUT2D eigenvalue weighted by atomic mass is 32.2. The maximum atomic E-state index is 12.5. The zero-order valence-corrected chi connectivity index (χ0v) is 30.8. The Bertz CT molecular complexity index is 868. The molecule has 270 valence electrons. The lowest BCUT2D eigenvalue weighted by atomic mass is 10.1. The van der Waals surface area contributed by atoms with E-state index in [0.717, 1.165) is 38.5 Å². The van der Waals surface area contributed by atoms with E-state index in [0.29, 0.717) is 6.42 Å². The molecule has 0 bridgehead atoms. The van der Waals surface area contributed by atoms with Crippen molar-refractivity contribution in [1.29, 1.82) is 0 Å². The Morgan fingerprint density at radius 2 is 0.935 bits per heavy atom. The van der Waals surface area contributed by atoms with Crippen LogP contribution in [0.5, 0.6) is 0 Å². The molecule has 0 aliphatic carbocycles. The fourth-order valence-corrected chi connectivity index (χ4v) is 6.37. The van der Waals surface area contributed by atoms with Crippen LogP contribution in [0, 0.1) is 0 Å². The number of hydrogen-bond acceptors (Lipinski definition) is 4. The summed E-state index contributed by atoms with van der Waals surface area (Å²) in [6, 6.07) is -1.07. The van der Waals surface area contributed by atoms with Gasteiger partial charge in [0, 0.05) is 6.42 Å². The first-order valence-corrected chi connectivity index (χ1v) is 20.8. The molecule has 2 unspecified atom stereocenters. The number of nitrogens with one attached hydrogen (secondary N) is 1. The molecular formula is C39H73NO5S. The van der Waals surface area contributed by atoms with E-state index < -0.39 is 28.0 Å². The summed E-state index contributed by atoms with van der Waals surface area (Å²) >= 11 is 0. The van der Waals surface area contributed by atoms with Crippen molar-refractivity contribution >= 4 is 16.0 Å². The van der Waals surface area contributed by atoms with Crippen LogP contribution in [0.25, 0.3) is 0 Å². The highest BCUT2D eigenvalue weighted by molar-refractivity contribution is 7.85. The van der Waals surface area contributed by atoms with E-state index >= 15 is 0 Å². The summed E-state index contributed by atoms with van der Waals surface area (Å²) in [5.74, 6) is -1.01. The summed E-state index contributed by atoms with van der Waals surface area (Å²) in [5.41, 5.74) is 0. The Balaban J connectivity index is 3.99. The van der Waals surface area contributed by atoms with Gasteiger partial charge in [0.05, 0.1) is 17.9 Å². The van der Waals surface area contributed by atoms with Crippen molar-refractivity contribution in [2.24, 2.45) is 0 Å². The van der Waals surface area contributed by atoms with Crippen LogP contribution in [-0.4, -0.2) is 41.9 Å². The van der Waals surface area contributed by atoms with Gasteiger partial charge in [-0.15, -0.1) is 0 Å². The zero-order chi connectivity index (χ0) is 34.0. The minimum atomic E-state index is -4.35. The molecule has 2 atom stereocenters. The van der Waals surface area contributed by atoms with Gasteiger partial charge in [0.25, 0.3) is 10.1 Å². The van der Waals surface area contributed by atoms with Crippen molar-refractivity contribution in [3.8, 4) is 0 Å². The summed E-state index contributed by atoms with van der Waals surface area (Å²) in [6.45, 7) is 4.50. The molecule has 1 amide bonds. The highest BCUT2D eigenvalue weighted by Crippen LogP contribution is 2.13. The van der Waals surface area contributed by atoms with Crippen LogP contribution in [0.2, 0.25) is 0 Å². The summed E-state index contributed by atoms with van der Waals surface area (Å²) in [6.07, 6.45) is 42.7. The molecule has 0 saturated carbocycles. The van der Waals surface area contributed by atoms with Crippen molar-refractivity contribution in [3.05, 3.63) is 36.5 Å². The Hall–Kier alpha value is -1.44. The fourth-order valence-electron chi connectivity index (χ4n) is 5.64. The van der Waals surface area contributed by atoms with Crippen molar-refractivity contribution in [1.82, 2.24) is 5.32 Å². The number of carbonyl (C=O) groups is 1. The molecule has 0 rings (SSSR count). The zero-order valence-electron chi connectivity index (χ0n) is 29.9. The molecule has 0 aromatic heterocycles. The lowest BCUT2D eigenvalue weighted by Gasteiger charge is -2.21. The van der Waals surface area contributed by atoms with Gasteiger partial charge in [0.15, 0.2) is 0 Å². The minimum Gasteiger partial charge on any atom is -0.387 e. The smallest absolute Gasteiger partial charge is 0.267 e. The number of amides is 1. The number of carbonyl (C=O) groups excluding carboxylic acids is 1.